The molecule has 4 nitrogen and oxygen atoms in total. The average Bonchev–Trinajstić information content (AvgIpc) is 2.46. The lowest BCUT2D eigenvalue weighted by atomic mass is 10.1. The van der Waals surface area contributed by atoms with E-state index in [-0.39, 0.29) is 10.9 Å². The van der Waals surface area contributed by atoms with E-state index in [1.165, 1.54) is 12.8 Å². The molecule has 0 saturated heterocycles. The zero-order chi connectivity index (χ0) is 15.5. The molecule has 0 unspecified atom stereocenters. The maximum atomic E-state index is 11.9. The van der Waals surface area contributed by atoms with E-state index in [1.54, 1.807) is 12.1 Å². The molecular weight excluding hydrogens is 284 g/mol. The predicted molar refractivity (Wildman–Crippen MR) is 90.5 cm³/mol. The number of nitrogens with two attached hydrogens (primary N) is 1. The molecule has 0 saturated carbocycles. The molecule has 0 atom stereocenters. The van der Waals surface area contributed by atoms with Gasteiger partial charge in [-0.1, -0.05) is 44.1 Å². The molecule has 0 aliphatic carbocycles. The van der Waals surface area contributed by atoms with Gasteiger partial charge in [0.1, 0.15) is 4.99 Å². The third kappa shape index (κ3) is 7.20. The first-order chi connectivity index (χ1) is 10.1. The van der Waals surface area contributed by atoms with Crippen LogP contribution in [-0.2, 0) is 9.53 Å². The quantitative estimate of drug-likeness (QED) is 0.514. The molecule has 1 rings (SSSR count). The average molecular weight is 308 g/mol. The molecular formula is C16H24N2O2S. The predicted octanol–water partition coefficient (Wildman–Crippen LogP) is 3.25. The van der Waals surface area contributed by atoms with Crippen molar-refractivity contribution in [3.05, 3.63) is 29.8 Å². The lowest BCUT2D eigenvalue weighted by molar-refractivity contribution is -0.116. The molecule has 1 aromatic carbocycles. The standard InChI is InChI=1S/C16H24N2O2S/c1-2-3-6-11-20-12-7-10-15(19)18-14-9-5-4-8-13(14)16(17)21/h4-5,8-9H,2-3,6-7,10-12H2,1H3,(H2,17,21)(H,18,19). The molecule has 0 aliphatic rings. The number of carbonyl (C=O) groups is 1. The van der Waals surface area contributed by atoms with Gasteiger partial charge in [-0.15, -0.1) is 0 Å². The lowest BCUT2D eigenvalue weighted by Crippen LogP contribution is -2.17. The minimum absolute atomic E-state index is 0.0455. The second kappa shape index (κ2) is 10.3. The Bertz CT molecular complexity index is 463. The summed E-state index contributed by atoms with van der Waals surface area (Å²) in [6.07, 6.45) is 4.61. The number of benzene rings is 1. The number of thiocarbonyl (C=S) groups is 1. The van der Waals surface area contributed by atoms with Gasteiger partial charge in [0.15, 0.2) is 0 Å². The number of rotatable bonds is 10. The van der Waals surface area contributed by atoms with Gasteiger partial charge in [-0.3, -0.25) is 4.79 Å². The first-order valence-electron chi connectivity index (χ1n) is 7.41. The number of hydrogen-bond donors (Lipinski definition) is 2. The Kier molecular flexibility index (Phi) is 8.62. The highest BCUT2D eigenvalue weighted by atomic mass is 32.1. The second-order valence-corrected chi connectivity index (χ2v) is 5.32. The lowest BCUT2D eigenvalue weighted by Gasteiger charge is -2.10. The van der Waals surface area contributed by atoms with Crippen LogP contribution in [0.5, 0.6) is 0 Å². The molecule has 1 amide bonds. The summed E-state index contributed by atoms with van der Waals surface area (Å²) >= 11 is 4.97. The summed E-state index contributed by atoms with van der Waals surface area (Å²) in [5.41, 5.74) is 6.99. The first-order valence-corrected chi connectivity index (χ1v) is 7.82. The Morgan fingerprint density at radius 2 is 1.95 bits per heavy atom. The van der Waals surface area contributed by atoms with Crippen molar-refractivity contribution in [2.45, 2.75) is 39.0 Å². The van der Waals surface area contributed by atoms with Gasteiger partial charge in [0.05, 0.1) is 5.69 Å². The third-order valence-electron chi connectivity index (χ3n) is 3.05. The molecule has 0 spiro atoms. The Morgan fingerprint density at radius 3 is 2.67 bits per heavy atom. The van der Waals surface area contributed by atoms with Crippen LogP contribution in [0.2, 0.25) is 0 Å². The van der Waals surface area contributed by atoms with E-state index in [9.17, 15) is 4.79 Å². The molecule has 5 heteroatoms. The van der Waals surface area contributed by atoms with E-state index < -0.39 is 0 Å². The van der Waals surface area contributed by atoms with Crippen molar-refractivity contribution in [3.8, 4) is 0 Å². The Labute approximate surface area is 132 Å². The molecule has 0 radical (unpaired) electrons. The van der Waals surface area contributed by atoms with Crippen molar-refractivity contribution in [1.82, 2.24) is 0 Å². The van der Waals surface area contributed by atoms with Crippen LogP contribution in [0.3, 0.4) is 0 Å². The summed E-state index contributed by atoms with van der Waals surface area (Å²) in [5.74, 6) is -0.0455. The van der Waals surface area contributed by atoms with Crippen LogP contribution in [0.1, 0.15) is 44.6 Å². The smallest absolute Gasteiger partial charge is 0.224 e. The topological polar surface area (TPSA) is 64.3 Å². The molecule has 0 aromatic heterocycles. The first kappa shape index (κ1) is 17.6. The molecule has 3 N–H and O–H groups in total. The summed E-state index contributed by atoms with van der Waals surface area (Å²) < 4.78 is 5.48. The van der Waals surface area contributed by atoms with Crippen LogP contribution in [0.25, 0.3) is 0 Å². The SMILES string of the molecule is CCCCCOCCCC(=O)Nc1ccccc1C(N)=S. The number of anilines is 1. The molecule has 0 heterocycles. The largest absolute Gasteiger partial charge is 0.389 e. The Morgan fingerprint density at radius 1 is 1.24 bits per heavy atom. The molecule has 0 fully saturated rings. The zero-order valence-corrected chi connectivity index (χ0v) is 13.4. The number of para-hydroxylation sites is 1. The van der Waals surface area contributed by atoms with Crippen molar-refractivity contribution >= 4 is 28.8 Å². The number of amides is 1. The maximum Gasteiger partial charge on any atom is 0.224 e. The van der Waals surface area contributed by atoms with Crippen molar-refractivity contribution < 1.29 is 9.53 Å². The van der Waals surface area contributed by atoms with Crippen LogP contribution in [0, 0.1) is 0 Å². The van der Waals surface area contributed by atoms with Gasteiger partial charge in [-0.25, -0.2) is 0 Å². The summed E-state index contributed by atoms with van der Waals surface area (Å²) in [6, 6.07) is 7.28. The number of ether oxygens (including phenoxy) is 1. The molecule has 0 aliphatic heterocycles. The maximum absolute atomic E-state index is 11.9. The van der Waals surface area contributed by atoms with E-state index in [0.717, 1.165) is 13.0 Å². The zero-order valence-electron chi connectivity index (χ0n) is 12.6. The summed E-state index contributed by atoms with van der Waals surface area (Å²) in [5, 5.41) is 2.84. The number of hydrogen-bond acceptors (Lipinski definition) is 3. The van der Waals surface area contributed by atoms with Gasteiger partial charge in [0.25, 0.3) is 0 Å². The van der Waals surface area contributed by atoms with Crippen LogP contribution < -0.4 is 11.1 Å². The van der Waals surface area contributed by atoms with Crippen molar-refractivity contribution in [2.75, 3.05) is 18.5 Å². The highest BCUT2D eigenvalue weighted by Gasteiger charge is 2.07. The Balaban J connectivity index is 2.27. The van der Waals surface area contributed by atoms with Crippen LogP contribution in [-0.4, -0.2) is 24.1 Å². The van der Waals surface area contributed by atoms with E-state index in [2.05, 4.69) is 12.2 Å². The molecule has 1 aromatic rings. The van der Waals surface area contributed by atoms with Crippen molar-refractivity contribution in [2.24, 2.45) is 5.73 Å². The van der Waals surface area contributed by atoms with Crippen molar-refractivity contribution in [3.63, 3.8) is 0 Å². The fourth-order valence-corrected chi connectivity index (χ4v) is 2.09. The third-order valence-corrected chi connectivity index (χ3v) is 3.27. The highest BCUT2D eigenvalue weighted by Crippen LogP contribution is 2.15. The molecule has 0 bridgehead atoms. The number of nitrogens with one attached hydrogen (secondary N) is 1. The summed E-state index contributed by atoms with van der Waals surface area (Å²) in [7, 11) is 0. The summed E-state index contributed by atoms with van der Waals surface area (Å²) in [6.45, 7) is 3.56. The second-order valence-electron chi connectivity index (χ2n) is 4.88. The number of carbonyl (C=O) groups excluding carboxylic acids is 1. The highest BCUT2D eigenvalue weighted by molar-refractivity contribution is 7.80. The van der Waals surface area contributed by atoms with Gasteiger partial charge >= 0.3 is 0 Å². The Hall–Kier alpha value is -1.46. The van der Waals surface area contributed by atoms with E-state index in [0.29, 0.717) is 30.7 Å². The minimum Gasteiger partial charge on any atom is -0.389 e. The molecule has 21 heavy (non-hydrogen) atoms. The van der Waals surface area contributed by atoms with Gasteiger partial charge < -0.3 is 15.8 Å². The molecule has 116 valence electrons. The summed E-state index contributed by atoms with van der Waals surface area (Å²) in [4.78, 5) is 12.2. The van der Waals surface area contributed by atoms with Crippen LogP contribution >= 0.6 is 12.2 Å². The number of unbranched alkanes of at least 4 members (excludes halogenated alkanes) is 2. The monoisotopic (exact) mass is 308 g/mol. The van der Waals surface area contributed by atoms with E-state index in [1.807, 2.05) is 12.1 Å². The van der Waals surface area contributed by atoms with Gasteiger partial charge in [0.2, 0.25) is 5.91 Å². The van der Waals surface area contributed by atoms with E-state index >= 15 is 0 Å². The van der Waals surface area contributed by atoms with Gasteiger partial charge in [0, 0.05) is 25.2 Å². The van der Waals surface area contributed by atoms with E-state index in [4.69, 9.17) is 22.7 Å². The normalized spacial score (nSPS) is 10.3. The fourth-order valence-electron chi connectivity index (χ4n) is 1.91. The van der Waals surface area contributed by atoms with Crippen LogP contribution in [0.15, 0.2) is 24.3 Å². The van der Waals surface area contributed by atoms with Gasteiger partial charge in [-0.2, -0.15) is 0 Å². The fraction of sp³-hybridized carbons (Fsp3) is 0.500. The van der Waals surface area contributed by atoms with Crippen LogP contribution in [0.4, 0.5) is 5.69 Å². The van der Waals surface area contributed by atoms with Crippen molar-refractivity contribution in [1.29, 1.82) is 0 Å². The minimum atomic E-state index is -0.0455. The van der Waals surface area contributed by atoms with Gasteiger partial charge in [-0.05, 0) is 25.0 Å².